The first kappa shape index (κ1) is 45.8. The molecular formula is C32H63N11O7. The second-order valence-corrected chi connectivity index (χ2v) is 13.5. The average molecular weight is 714 g/mol. The Morgan fingerprint density at radius 2 is 1.22 bits per heavy atom. The second-order valence-electron chi connectivity index (χ2n) is 13.5. The highest BCUT2D eigenvalue weighted by Crippen LogP contribution is 2.14. The van der Waals surface area contributed by atoms with Gasteiger partial charge in [-0.3, -0.25) is 34.0 Å². The Bertz CT molecular complexity index is 1150. The quantitative estimate of drug-likeness (QED) is 0.0242. The molecule has 0 saturated carbocycles. The van der Waals surface area contributed by atoms with Gasteiger partial charge in [-0.1, -0.05) is 40.5 Å². The molecule has 0 spiro atoms. The maximum absolute atomic E-state index is 13.8. The van der Waals surface area contributed by atoms with Gasteiger partial charge in [-0.15, -0.1) is 0 Å². The van der Waals surface area contributed by atoms with Crippen molar-refractivity contribution in [2.45, 2.75) is 129 Å². The standard InChI is InChI=1S/C32H63N11O7/c1-8-18(3)23(17-44)42-27(47)21(13-11-15-39-31(36)37)40-28(48)22(16-24(45)50-32(5,6)7)41-29(49)25(19(4)9-2)43-26(46)20(33)12-10-14-38-30(34)35/h18-23,25,44H,8-17,33H2,1-7H3,(H,40,48)(H,41,49)(H,42,47)(H,43,46)(H4,34,35,38)(H4,36,37,39)/t18-,19-,20-,21-,22-,23+,25-/m0/s1. The molecule has 0 aliphatic heterocycles. The number of nitrogens with two attached hydrogens (primary N) is 5. The molecule has 4 amide bonds. The molecule has 0 saturated heterocycles. The number of hydrogen-bond acceptors (Lipinski definition) is 10. The molecule has 50 heavy (non-hydrogen) atoms. The van der Waals surface area contributed by atoms with Crippen molar-refractivity contribution < 1.29 is 33.8 Å². The number of rotatable bonds is 23. The number of carbonyl (C=O) groups is 5. The van der Waals surface area contributed by atoms with E-state index in [0.717, 1.165) is 0 Å². The third-order valence-electron chi connectivity index (χ3n) is 7.95. The largest absolute Gasteiger partial charge is 0.460 e. The molecule has 0 rings (SSSR count). The lowest BCUT2D eigenvalue weighted by Crippen LogP contribution is -2.60. The van der Waals surface area contributed by atoms with E-state index in [2.05, 4.69) is 31.3 Å². The van der Waals surface area contributed by atoms with Crippen LogP contribution in [-0.4, -0.2) is 102 Å². The monoisotopic (exact) mass is 713 g/mol. The zero-order chi connectivity index (χ0) is 38.6. The van der Waals surface area contributed by atoms with E-state index in [1.807, 2.05) is 20.8 Å². The number of nitrogens with zero attached hydrogens (tertiary/aromatic N) is 2. The summed E-state index contributed by atoms with van der Waals surface area (Å²) in [5, 5.41) is 20.6. The van der Waals surface area contributed by atoms with Crippen LogP contribution < -0.4 is 49.9 Å². The normalized spacial score (nSPS) is 15.5. The number of esters is 1. The van der Waals surface area contributed by atoms with E-state index in [0.29, 0.717) is 25.7 Å². The van der Waals surface area contributed by atoms with E-state index in [4.69, 9.17) is 33.4 Å². The summed E-state index contributed by atoms with van der Waals surface area (Å²) < 4.78 is 5.42. The van der Waals surface area contributed by atoms with E-state index >= 15 is 0 Å². The summed E-state index contributed by atoms with van der Waals surface area (Å²) >= 11 is 0. The fraction of sp³-hybridized carbons (Fsp3) is 0.781. The Labute approximate surface area is 295 Å². The first-order chi connectivity index (χ1) is 23.3. The van der Waals surface area contributed by atoms with Crippen LogP contribution in [0.25, 0.3) is 0 Å². The van der Waals surface area contributed by atoms with Gasteiger partial charge in [0.2, 0.25) is 23.6 Å². The number of ether oxygens (including phenoxy) is 1. The summed E-state index contributed by atoms with van der Waals surface area (Å²) in [4.78, 5) is 74.6. The summed E-state index contributed by atoms with van der Waals surface area (Å²) in [5.74, 6) is -4.24. The Morgan fingerprint density at radius 3 is 1.70 bits per heavy atom. The average Bonchev–Trinajstić information content (AvgIpc) is 3.02. The van der Waals surface area contributed by atoms with E-state index in [-0.39, 0.29) is 50.4 Å². The van der Waals surface area contributed by atoms with Gasteiger partial charge in [0.15, 0.2) is 11.9 Å². The Balaban J connectivity index is 6.28. The minimum atomic E-state index is -1.50. The van der Waals surface area contributed by atoms with Crippen molar-refractivity contribution in [3.8, 4) is 0 Å². The number of carbonyl (C=O) groups excluding carboxylic acids is 5. The van der Waals surface area contributed by atoms with Gasteiger partial charge in [0.1, 0.15) is 23.7 Å². The predicted octanol–water partition coefficient (Wildman–Crippen LogP) is -1.82. The van der Waals surface area contributed by atoms with Crippen molar-refractivity contribution in [2.24, 2.45) is 50.5 Å². The van der Waals surface area contributed by atoms with Crippen LogP contribution in [0.15, 0.2) is 9.98 Å². The van der Waals surface area contributed by atoms with Crippen LogP contribution in [0.3, 0.4) is 0 Å². The van der Waals surface area contributed by atoms with Crippen LogP contribution in [0.2, 0.25) is 0 Å². The van der Waals surface area contributed by atoms with Gasteiger partial charge in [0.05, 0.1) is 25.1 Å². The van der Waals surface area contributed by atoms with Crippen molar-refractivity contribution >= 4 is 41.5 Å². The van der Waals surface area contributed by atoms with Crippen LogP contribution in [0, 0.1) is 11.8 Å². The zero-order valence-electron chi connectivity index (χ0n) is 30.8. The van der Waals surface area contributed by atoms with Gasteiger partial charge in [0.25, 0.3) is 0 Å². The van der Waals surface area contributed by atoms with Crippen LogP contribution in [0.1, 0.15) is 93.4 Å². The Kier molecular flexibility index (Phi) is 21.3. The number of aliphatic imine (C=N–C) groups is 2. The SMILES string of the molecule is CC[C@H](C)[C@H](NC(=O)[C@@H](N)CCCN=C(N)N)C(=O)N[C@@H](CC(=O)OC(C)(C)C)C(=O)N[C@@H](CCCN=C(N)N)C(=O)N[C@H](CO)[C@@H](C)CC. The van der Waals surface area contributed by atoms with Crippen LogP contribution in [0.4, 0.5) is 0 Å². The van der Waals surface area contributed by atoms with Crippen molar-refractivity contribution in [3.63, 3.8) is 0 Å². The van der Waals surface area contributed by atoms with Crippen LogP contribution >= 0.6 is 0 Å². The molecule has 288 valence electrons. The van der Waals surface area contributed by atoms with E-state index in [1.165, 1.54) is 0 Å². The zero-order valence-corrected chi connectivity index (χ0v) is 30.8. The first-order valence-electron chi connectivity index (χ1n) is 17.2. The van der Waals surface area contributed by atoms with Crippen molar-refractivity contribution in [2.75, 3.05) is 19.7 Å². The van der Waals surface area contributed by atoms with Gasteiger partial charge in [-0.2, -0.15) is 0 Å². The predicted molar refractivity (Wildman–Crippen MR) is 192 cm³/mol. The van der Waals surface area contributed by atoms with Crippen molar-refractivity contribution in [1.29, 1.82) is 0 Å². The molecule has 0 bridgehead atoms. The highest BCUT2D eigenvalue weighted by Gasteiger charge is 2.35. The van der Waals surface area contributed by atoms with Gasteiger partial charge >= 0.3 is 5.97 Å². The van der Waals surface area contributed by atoms with Crippen molar-refractivity contribution in [1.82, 2.24) is 21.3 Å². The highest BCUT2D eigenvalue weighted by molar-refractivity contribution is 5.96. The minimum Gasteiger partial charge on any atom is -0.460 e. The summed E-state index contributed by atoms with van der Waals surface area (Å²) in [6.45, 7) is 12.4. The van der Waals surface area contributed by atoms with Gasteiger partial charge < -0.3 is 59.8 Å². The lowest BCUT2D eigenvalue weighted by atomic mass is 9.97. The molecular weight excluding hydrogens is 650 g/mol. The minimum absolute atomic E-state index is 0.0693. The lowest BCUT2D eigenvalue weighted by Gasteiger charge is -2.29. The molecule has 0 aliphatic carbocycles. The molecule has 7 atom stereocenters. The molecule has 0 aromatic heterocycles. The van der Waals surface area contributed by atoms with Crippen LogP contribution in [-0.2, 0) is 28.7 Å². The van der Waals surface area contributed by atoms with Crippen molar-refractivity contribution in [3.05, 3.63) is 0 Å². The maximum atomic E-state index is 13.8. The number of aliphatic hydroxyl groups excluding tert-OH is 1. The highest BCUT2D eigenvalue weighted by atomic mass is 16.6. The Morgan fingerprint density at radius 1 is 0.720 bits per heavy atom. The molecule has 18 nitrogen and oxygen atoms in total. The molecule has 0 aliphatic rings. The summed E-state index contributed by atoms with van der Waals surface area (Å²) in [6, 6.07) is -5.31. The van der Waals surface area contributed by atoms with Gasteiger partial charge in [0, 0.05) is 13.1 Å². The molecule has 0 heterocycles. The van der Waals surface area contributed by atoms with E-state index in [1.54, 1.807) is 27.7 Å². The number of aliphatic hydroxyl groups is 1. The van der Waals surface area contributed by atoms with Gasteiger partial charge in [-0.05, 0) is 58.3 Å². The number of amides is 4. The lowest BCUT2D eigenvalue weighted by molar-refractivity contribution is -0.156. The Hall–Kier alpha value is -4.19. The molecule has 0 aromatic carbocycles. The topological polar surface area (TPSA) is 318 Å². The number of hydrogen-bond donors (Lipinski definition) is 10. The fourth-order valence-electron chi connectivity index (χ4n) is 4.61. The molecule has 0 fully saturated rings. The van der Waals surface area contributed by atoms with Gasteiger partial charge in [-0.25, -0.2) is 0 Å². The smallest absolute Gasteiger partial charge is 0.308 e. The molecule has 0 radical (unpaired) electrons. The maximum Gasteiger partial charge on any atom is 0.308 e. The molecule has 0 unspecified atom stereocenters. The molecule has 18 heteroatoms. The third kappa shape index (κ3) is 19.1. The van der Waals surface area contributed by atoms with E-state index in [9.17, 15) is 29.1 Å². The van der Waals surface area contributed by atoms with Crippen LogP contribution in [0.5, 0.6) is 0 Å². The summed E-state index contributed by atoms with van der Waals surface area (Å²) in [7, 11) is 0. The summed E-state index contributed by atoms with van der Waals surface area (Å²) in [6.07, 6.45) is 1.61. The summed E-state index contributed by atoms with van der Waals surface area (Å²) in [5.41, 5.74) is 26.7. The first-order valence-corrected chi connectivity index (χ1v) is 17.2. The molecule has 15 N–H and O–H groups in total. The number of guanidine groups is 2. The molecule has 0 aromatic rings. The number of nitrogens with one attached hydrogen (secondary N) is 4. The fourth-order valence-corrected chi connectivity index (χ4v) is 4.61. The third-order valence-corrected chi connectivity index (χ3v) is 7.95. The van der Waals surface area contributed by atoms with E-state index < -0.39 is 77.7 Å². The second kappa shape index (κ2) is 23.3.